The van der Waals surface area contributed by atoms with Crippen LogP contribution in [0.2, 0.25) is 0 Å². The van der Waals surface area contributed by atoms with Crippen LogP contribution in [0.5, 0.6) is 0 Å². The second-order valence-electron chi connectivity index (χ2n) is 4.11. The summed E-state index contributed by atoms with van der Waals surface area (Å²) in [6.45, 7) is 0.297. The molecule has 0 aliphatic heterocycles. The van der Waals surface area contributed by atoms with Gasteiger partial charge in [-0.2, -0.15) is 0 Å². The van der Waals surface area contributed by atoms with Gasteiger partial charge >= 0.3 is 0 Å². The molecule has 2 rings (SSSR count). The molecule has 0 fully saturated rings. The largest absolute Gasteiger partial charge is 0.387 e. The molecule has 0 amide bonds. The molecule has 0 saturated carbocycles. The van der Waals surface area contributed by atoms with E-state index in [9.17, 15) is 15.2 Å². The molecule has 1 atom stereocenters. The topological polar surface area (TPSA) is 75.4 Å². The van der Waals surface area contributed by atoms with Crippen molar-refractivity contribution in [2.75, 3.05) is 11.9 Å². The van der Waals surface area contributed by atoms with Crippen LogP contribution in [-0.4, -0.2) is 16.6 Å². The van der Waals surface area contributed by atoms with Gasteiger partial charge in [-0.1, -0.05) is 36.4 Å². The maximum Gasteiger partial charge on any atom is 0.271 e. The van der Waals surface area contributed by atoms with Gasteiger partial charge in [0.15, 0.2) is 0 Å². The number of nitro groups is 1. The fourth-order valence-corrected chi connectivity index (χ4v) is 1.74. The van der Waals surface area contributed by atoms with E-state index in [1.165, 1.54) is 12.1 Å². The first-order valence-corrected chi connectivity index (χ1v) is 5.88. The predicted octanol–water partition coefficient (Wildman–Crippen LogP) is 2.74. The smallest absolute Gasteiger partial charge is 0.271 e. The van der Waals surface area contributed by atoms with E-state index in [4.69, 9.17) is 0 Å². The number of aliphatic hydroxyl groups excluding tert-OH is 1. The number of rotatable bonds is 5. The number of hydrogen-bond donors (Lipinski definition) is 2. The highest BCUT2D eigenvalue weighted by molar-refractivity contribution is 5.51. The van der Waals surface area contributed by atoms with Crippen molar-refractivity contribution >= 4 is 11.4 Å². The molecule has 0 aliphatic carbocycles. The average Bonchev–Trinajstić information content (AvgIpc) is 2.46. The van der Waals surface area contributed by atoms with Gasteiger partial charge in [-0.25, -0.2) is 0 Å². The van der Waals surface area contributed by atoms with Gasteiger partial charge in [0.2, 0.25) is 0 Å². The van der Waals surface area contributed by atoms with Crippen molar-refractivity contribution in [1.29, 1.82) is 0 Å². The Kier molecular flexibility index (Phi) is 4.10. The molecule has 0 aromatic heterocycles. The van der Waals surface area contributed by atoms with Crippen LogP contribution in [-0.2, 0) is 0 Å². The standard InChI is InChI=1S/C14H14N2O3/c17-14(11-5-2-1-3-6-11)10-15-12-7-4-8-13(9-12)16(18)19/h1-9,14-15,17H,10H2. The zero-order valence-electron chi connectivity index (χ0n) is 10.2. The summed E-state index contributed by atoms with van der Waals surface area (Å²) in [5.41, 5.74) is 1.45. The molecular weight excluding hydrogens is 244 g/mol. The van der Waals surface area contributed by atoms with E-state index >= 15 is 0 Å². The second-order valence-corrected chi connectivity index (χ2v) is 4.11. The normalized spacial score (nSPS) is 11.8. The Labute approximate surface area is 110 Å². The van der Waals surface area contributed by atoms with E-state index in [1.54, 1.807) is 12.1 Å². The van der Waals surface area contributed by atoms with Crippen LogP contribution < -0.4 is 5.32 Å². The molecule has 0 saturated heterocycles. The van der Waals surface area contributed by atoms with Crippen LogP contribution >= 0.6 is 0 Å². The van der Waals surface area contributed by atoms with Gasteiger partial charge in [-0.15, -0.1) is 0 Å². The van der Waals surface area contributed by atoms with Crippen LogP contribution in [0.3, 0.4) is 0 Å². The molecule has 98 valence electrons. The number of nitro benzene ring substituents is 1. The third-order valence-electron chi connectivity index (χ3n) is 2.74. The molecule has 1 unspecified atom stereocenters. The third-order valence-corrected chi connectivity index (χ3v) is 2.74. The lowest BCUT2D eigenvalue weighted by atomic mass is 10.1. The zero-order valence-corrected chi connectivity index (χ0v) is 10.2. The maximum absolute atomic E-state index is 10.6. The van der Waals surface area contributed by atoms with Gasteiger partial charge in [0.25, 0.3) is 5.69 Å². The number of nitrogens with one attached hydrogen (secondary N) is 1. The number of anilines is 1. The Morgan fingerprint density at radius 2 is 1.89 bits per heavy atom. The van der Waals surface area contributed by atoms with Gasteiger partial charge < -0.3 is 10.4 Å². The molecule has 5 heteroatoms. The first kappa shape index (κ1) is 13.0. The van der Waals surface area contributed by atoms with Crippen LogP contribution in [0.4, 0.5) is 11.4 Å². The average molecular weight is 258 g/mol. The Bertz CT molecular complexity index is 558. The summed E-state index contributed by atoms with van der Waals surface area (Å²) in [7, 11) is 0. The number of aliphatic hydroxyl groups is 1. The summed E-state index contributed by atoms with van der Waals surface area (Å²) in [6, 6.07) is 15.5. The van der Waals surface area contributed by atoms with Crippen molar-refractivity contribution < 1.29 is 10.0 Å². The predicted molar refractivity (Wildman–Crippen MR) is 73.0 cm³/mol. The van der Waals surface area contributed by atoms with Gasteiger partial charge in [0.05, 0.1) is 11.0 Å². The van der Waals surface area contributed by atoms with Gasteiger partial charge in [-0.05, 0) is 11.6 Å². The highest BCUT2D eigenvalue weighted by Gasteiger charge is 2.08. The van der Waals surface area contributed by atoms with Crippen molar-refractivity contribution in [2.24, 2.45) is 0 Å². The highest BCUT2D eigenvalue weighted by atomic mass is 16.6. The number of benzene rings is 2. The lowest BCUT2D eigenvalue weighted by molar-refractivity contribution is -0.384. The monoisotopic (exact) mass is 258 g/mol. The summed E-state index contributed by atoms with van der Waals surface area (Å²) < 4.78 is 0. The van der Waals surface area contributed by atoms with Crippen LogP contribution in [0.15, 0.2) is 54.6 Å². The molecular formula is C14H14N2O3. The number of non-ortho nitro benzene ring substituents is 1. The van der Waals surface area contributed by atoms with Crippen LogP contribution in [0, 0.1) is 10.1 Å². The molecule has 0 bridgehead atoms. The number of hydrogen-bond acceptors (Lipinski definition) is 4. The second kappa shape index (κ2) is 5.97. The summed E-state index contributed by atoms with van der Waals surface area (Å²) in [5, 5.41) is 23.6. The lowest BCUT2D eigenvalue weighted by Gasteiger charge is -2.12. The van der Waals surface area contributed by atoms with E-state index in [-0.39, 0.29) is 5.69 Å². The van der Waals surface area contributed by atoms with Crippen molar-refractivity contribution in [2.45, 2.75) is 6.10 Å². The fourth-order valence-electron chi connectivity index (χ4n) is 1.74. The third kappa shape index (κ3) is 3.53. The molecule has 0 spiro atoms. The Balaban J connectivity index is 1.99. The minimum atomic E-state index is -0.652. The molecule has 2 aromatic rings. The van der Waals surface area contributed by atoms with Crippen molar-refractivity contribution in [3.8, 4) is 0 Å². The summed E-state index contributed by atoms with van der Waals surface area (Å²) in [6.07, 6.45) is -0.652. The van der Waals surface area contributed by atoms with E-state index < -0.39 is 11.0 Å². The van der Waals surface area contributed by atoms with Crippen LogP contribution in [0.25, 0.3) is 0 Å². The highest BCUT2D eigenvalue weighted by Crippen LogP contribution is 2.18. The van der Waals surface area contributed by atoms with Crippen LogP contribution in [0.1, 0.15) is 11.7 Å². The molecule has 0 heterocycles. The molecule has 0 aliphatic rings. The molecule has 19 heavy (non-hydrogen) atoms. The minimum Gasteiger partial charge on any atom is -0.387 e. The maximum atomic E-state index is 10.6. The summed E-state index contributed by atoms with van der Waals surface area (Å²) in [5.74, 6) is 0. The first-order chi connectivity index (χ1) is 9.16. The summed E-state index contributed by atoms with van der Waals surface area (Å²) in [4.78, 5) is 10.2. The van der Waals surface area contributed by atoms with Gasteiger partial charge in [0, 0.05) is 24.4 Å². The lowest BCUT2D eigenvalue weighted by Crippen LogP contribution is -2.12. The van der Waals surface area contributed by atoms with Crippen molar-refractivity contribution in [3.05, 3.63) is 70.3 Å². The van der Waals surface area contributed by atoms with E-state index in [2.05, 4.69) is 5.32 Å². The quantitative estimate of drug-likeness (QED) is 0.638. The molecule has 2 aromatic carbocycles. The van der Waals surface area contributed by atoms with Crippen molar-refractivity contribution in [1.82, 2.24) is 0 Å². The Morgan fingerprint density at radius 3 is 2.58 bits per heavy atom. The van der Waals surface area contributed by atoms with Gasteiger partial charge in [-0.3, -0.25) is 10.1 Å². The summed E-state index contributed by atoms with van der Waals surface area (Å²) >= 11 is 0. The fraction of sp³-hybridized carbons (Fsp3) is 0.143. The minimum absolute atomic E-state index is 0.0270. The number of nitrogens with zero attached hydrogens (tertiary/aromatic N) is 1. The van der Waals surface area contributed by atoms with Crippen molar-refractivity contribution in [3.63, 3.8) is 0 Å². The Hall–Kier alpha value is -2.40. The van der Waals surface area contributed by atoms with E-state index in [0.717, 1.165) is 5.56 Å². The van der Waals surface area contributed by atoms with E-state index in [1.807, 2.05) is 30.3 Å². The zero-order chi connectivity index (χ0) is 13.7. The van der Waals surface area contributed by atoms with Gasteiger partial charge in [0.1, 0.15) is 0 Å². The first-order valence-electron chi connectivity index (χ1n) is 5.88. The van der Waals surface area contributed by atoms with E-state index in [0.29, 0.717) is 12.2 Å². The SMILES string of the molecule is O=[N+]([O-])c1cccc(NCC(O)c2ccccc2)c1. The Morgan fingerprint density at radius 1 is 1.16 bits per heavy atom. The molecule has 0 radical (unpaired) electrons. The molecule has 5 nitrogen and oxygen atoms in total. The molecule has 2 N–H and O–H groups in total.